The minimum absolute atomic E-state index is 0.350. The van der Waals surface area contributed by atoms with E-state index < -0.39 is 5.97 Å². The molecule has 0 radical (unpaired) electrons. The maximum absolute atomic E-state index is 10.6. The van der Waals surface area contributed by atoms with Gasteiger partial charge in [-0.05, 0) is 42.0 Å². The summed E-state index contributed by atoms with van der Waals surface area (Å²) >= 11 is 5.85. The predicted octanol–water partition coefficient (Wildman–Crippen LogP) is 3.78. The summed E-state index contributed by atoms with van der Waals surface area (Å²) in [6.45, 7) is 0. The van der Waals surface area contributed by atoms with Crippen LogP contribution in [0.2, 0.25) is 5.02 Å². The Morgan fingerprint density at radius 2 is 2.06 bits per heavy atom. The average molecular weight is 249 g/mol. The molecule has 1 aliphatic rings. The lowest BCUT2D eigenvalue weighted by molar-refractivity contribution is -0.131. The molecule has 17 heavy (non-hydrogen) atoms. The summed E-state index contributed by atoms with van der Waals surface area (Å²) in [4.78, 5) is 10.6. The van der Waals surface area contributed by atoms with Gasteiger partial charge in [0.15, 0.2) is 0 Å². The molecule has 0 amide bonds. The fraction of sp³-hybridized carbons (Fsp3) is 0.214. The summed E-state index contributed by atoms with van der Waals surface area (Å²) in [5.74, 6) is -0.538. The topological polar surface area (TPSA) is 37.3 Å². The first-order chi connectivity index (χ1) is 8.15. The van der Waals surface area contributed by atoms with E-state index in [1.807, 2.05) is 36.4 Å². The van der Waals surface area contributed by atoms with E-state index in [-0.39, 0.29) is 0 Å². The van der Waals surface area contributed by atoms with Crippen LogP contribution in [-0.4, -0.2) is 11.1 Å². The fourth-order valence-corrected chi connectivity index (χ4v) is 2.20. The number of halogens is 1. The van der Waals surface area contributed by atoms with Crippen LogP contribution in [0, 0.1) is 0 Å². The van der Waals surface area contributed by atoms with Gasteiger partial charge in [0.25, 0.3) is 0 Å². The van der Waals surface area contributed by atoms with Crippen molar-refractivity contribution < 1.29 is 9.90 Å². The highest BCUT2D eigenvalue weighted by Crippen LogP contribution is 2.32. The average Bonchev–Trinajstić information content (AvgIpc) is 2.29. The van der Waals surface area contributed by atoms with Crippen LogP contribution in [-0.2, 0) is 4.79 Å². The molecule has 0 aromatic heterocycles. The van der Waals surface area contributed by atoms with Crippen molar-refractivity contribution in [2.45, 2.75) is 18.8 Å². The van der Waals surface area contributed by atoms with Crippen molar-refractivity contribution in [3.05, 3.63) is 58.7 Å². The Balaban J connectivity index is 2.17. The molecule has 1 aromatic rings. The van der Waals surface area contributed by atoms with Crippen LogP contribution in [0.25, 0.3) is 0 Å². The van der Waals surface area contributed by atoms with E-state index >= 15 is 0 Å². The van der Waals surface area contributed by atoms with Crippen LogP contribution in [0.3, 0.4) is 0 Å². The quantitative estimate of drug-likeness (QED) is 0.809. The summed E-state index contributed by atoms with van der Waals surface area (Å²) < 4.78 is 0. The smallest absolute Gasteiger partial charge is 0.328 e. The van der Waals surface area contributed by atoms with Gasteiger partial charge in [-0.15, -0.1) is 0 Å². The second kappa shape index (κ2) is 5.19. The van der Waals surface area contributed by atoms with Gasteiger partial charge in [0, 0.05) is 11.1 Å². The third-order valence-electron chi connectivity index (χ3n) is 2.88. The van der Waals surface area contributed by atoms with Crippen LogP contribution in [0.1, 0.15) is 24.3 Å². The van der Waals surface area contributed by atoms with Gasteiger partial charge in [-0.25, -0.2) is 4.79 Å². The first-order valence-corrected chi connectivity index (χ1v) is 5.88. The highest BCUT2D eigenvalue weighted by atomic mass is 35.5. The van der Waals surface area contributed by atoms with Crippen LogP contribution >= 0.6 is 11.6 Å². The normalized spacial score (nSPS) is 21.7. The molecule has 88 valence electrons. The molecule has 2 nitrogen and oxygen atoms in total. The van der Waals surface area contributed by atoms with Crippen LogP contribution in [0.5, 0.6) is 0 Å². The Hall–Kier alpha value is -1.54. The van der Waals surface area contributed by atoms with Crippen molar-refractivity contribution >= 4 is 17.6 Å². The monoisotopic (exact) mass is 248 g/mol. The summed E-state index contributed by atoms with van der Waals surface area (Å²) in [6.07, 6.45) is 6.90. The third-order valence-corrected chi connectivity index (χ3v) is 3.14. The van der Waals surface area contributed by atoms with E-state index in [4.69, 9.17) is 16.7 Å². The van der Waals surface area contributed by atoms with Crippen molar-refractivity contribution in [2.75, 3.05) is 0 Å². The molecule has 1 unspecified atom stereocenters. The Bertz CT molecular complexity index is 472. The zero-order valence-electron chi connectivity index (χ0n) is 9.27. The first kappa shape index (κ1) is 11.9. The second-order valence-corrected chi connectivity index (χ2v) is 4.58. The number of carboxylic acid groups (broad SMARTS) is 1. The molecule has 2 rings (SSSR count). The summed E-state index contributed by atoms with van der Waals surface area (Å²) in [5, 5.41) is 9.45. The van der Waals surface area contributed by atoms with E-state index in [1.54, 1.807) is 0 Å². The van der Waals surface area contributed by atoms with Gasteiger partial charge in [0.2, 0.25) is 0 Å². The molecule has 0 spiro atoms. The maximum Gasteiger partial charge on any atom is 0.328 e. The molecule has 0 fully saturated rings. The SMILES string of the molecule is O=C(O)/C=C1\C=CCC(c2ccc(Cl)cc2)C1. The standard InChI is InChI=1S/C14H13ClO2/c15-13-6-4-11(5-7-13)12-3-1-2-10(8-12)9-14(16)17/h1-2,4-7,9,12H,3,8H2,(H,16,17)/b10-9+. The van der Waals surface area contributed by atoms with Gasteiger partial charge in [0.1, 0.15) is 0 Å². The molecule has 0 heterocycles. The largest absolute Gasteiger partial charge is 0.478 e. The van der Waals surface area contributed by atoms with Gasteiger partial charge in [-0.2, -0.15) is 0 Å². The highest BCUT2D eigenvalue weighted by molar-refractivity contribution is 6.30. The van der Waals surface area contributed by atoms with Gasteiger partial charge in [-0.3, -0.25) is 0 Å². The zero-order valence-corrected chi connectivity index (χ0v) is 10.0. The molecular formula is C14H13ClO2. The van der Waals surface area contributed by atoms with Crippen molar-refractivity contribution in [2.24, 2.45) is 0 Å². The molecule has 1 aliphatic carbocycles. The zero-order chi connectivity index (χ0) is 12.3. The van der Waals surface area contributed by atoms with E-state index in [0.717, 1.165) is 23.4 Å². The molecule has 1 N–H and O–H groups in total. The van der Waals surface area contributed by atoms with Crippen LogP contribution < -0.4 is 0 Å². The van der Waals surface area contributed by atoms with E-state index in [9.17, 15) is 4.79 Å². The Labute approximate surface area is 105 Å². The van der Waals surface area contributed by atoms with Gasteiger partial charge < -0.3 is 5.11 Å². The minimum atomic E-state index is -0.888. The second-order valence-electron chi connectivity index (χ2n) is 4.15. The Morgan fingerprint density at radius 1 is 1.35 bits per heavy atom. The first-order valence-electron chi connectivity index (χ1n) is 5.50. The van der Waals surface area contributed by atoms with Crippen LogP contribution in [0.4, 0.5) is 0 Å². The van der Waals surface area contributed by atoms with Crippen molar-refractivity contribution in [3.8, 4) is 0 Å². The van der Waals surface area contributed by atoms with Gasteiger partial charge >= 0.3 is 5.97 Å². The lowest BCUT2D eigenvalue weighted by Crippen LogP contribution is -2.04. The third kappa shape index (κ3) is 3.21. The molecule has 0 aliphatic heterocycles. The number of aliphatic carboxylic acids is 1. The summed E-state index contributed by atoms with van der Waals surface area (Å²) in [5.41, 5.74) is 2.07. The number of carbonyl (C=O) groups is 1. The molecule has 0 saturated carbocycles. The molecule has 1 atom stereocenters. The molecule has 0 bridgehead atoms. The number of carboxylic acids is 1. The lowest BCUT2D eigenvalue weighted by atomic mass is 9.85. The van der Waals surface area contributed by atoms with E-state index in [0.29, 0.717) is 5.92 Å². The fourth-order valence-electron chi connectivity index (χ4n) is 2.07. The van der Waals surface area contributed by atoms with Gasteiger partial charge in [-0.1, -0.05) is 35.9 Å². The summed E-state index contributed by atoms with van der Waals surface area (Å²) in [7, 11) is 0. The Kier molecular flexibility index (Phi) is 3.64. The number of benzene rings is 1. The summed E-state index contributed by atoms with van der Waals surface area (Å²) in [6, 6.07) is 7.75. The number of rotatable bonds is 2. The maximum atomic E-state index is 10.6. The molecule has 3 heteroatoms. The predicted molar refractivity (Wildman–Crippen MR) is 68.3 cm³/mol. The van der Waals surface area contributed by atoms with Crippen molar-refractivity contribution in [3.63, 3.8) is 0 Å². The lowest BCUT2D eigenvalue weighted by Gasteiger charge is -2.20. The Morgan fingerprint density at radius 3 is 2.71 bits per heavy atom. The number of hydrogen-bond acceptors (Lipinski definition) is 1. The van der Waals surface area contributed by atoms with Gasteiger partial charge in [0.05, 0.1) is 0 Å². The minimum Gasteiger partial charge on any atom is -0.478 e. The van der Waals surface area contributed by atoms with Crippen molar-refractivity contribution in [1.29, 1.82) is 0 Å². The van der Waals surface area contributed by atoms with E-state index in [2.05, 4.69) is 0 Å². The number of allylic oxidation sites excluding steroid dienone is 3. The number of hydrogen-bond donors (Lipinski definition) is 1. The van der Waals surface area contributed by atoms with Crippen molar-refractivity contribution in [1.82, 2.24) is 0 Å². The molecule has 0 saturated heterocycles. The molecule has 1 aromatic carbocycles. The van der Waals surface area contributed by atoms with Crippen LogP contribution in [0.15, 0.2) is 48.1 Å². The molecular weight excluding hydrogens is 236 g/mol. The highest BCUT2D eigenvalue weighted by Gasteiger charge is 2.15. The van der Waals surface area contributed by atoms with E-state index in [1.165, 1.54) is 11.6 Å².